The van der Waals surface area contributed by atoms with Crippen molar-refractivity contribution in [2.45, 2.75) is 13.0 Å². The predicted octanol–water partition coefficient (Wildman–Crippen LogP) is 3.18. The third-order valence-electron chi connectivity index (χ3n) is 2.92. The van der Waals surface area contributed by atoms with Crippen molar-refractivity contribution in [1.29, 1.82) is 0 Å². The maximum absolute atomic E-state index is 11.8. The quantitative estimate of drug-likeness (QED) is 0.805. The number of carbonyl (C=O) groups excluding carboxylic acids is 1. The topological polar surface area (TPSA) is 59.8 Å². The van der Waals surface area contributed by atoms with Gasteiger partial charge in [0.15, 0.2) is 0 Å². The Morgan fingerprint density at radius 1 is 1.40 bits per heavy atom. The largest absolute Gasteiger partial charge is 0.347 e. The lowest BCUT2D eigenvalue weighted by molar-refractivity contribution is -0.116. The fourth-order valence-corrected chi connectivity index (χ4v) is 2.61. The van der Waals surface area contributed by atoms with Gasteiger partial charge in [-0.1, -0.05) is 29.0 Å². The highest BCUT2D eigenvalue weighted by Gasteiger charge is 2.07. The molecule has 0 fully saturated rings. The molecule has 0 aliphatic carbocycles. The summed E-state index contributed by atoms with van der Waals surface area (Å²) in [6.07, 6.45) is 2.33. The van der Waals surface area contributed by atoms with Crippen molar-refractivity contribution in [3.63, 3.8) is 0 Å². The first-order valence-electron chi connectivity index (χ1n) is 6.03. The van der Waals surface area contributed by atoms with Crippen LogP contribution in [0.5, 0.6) is 0 Å². The Hall–Kier alpha value is -1.92. The van der Waals surface area contributed by atoms with E-state index in [1.165, 1.54) is 11.3 Å². The summed E-state index contributed by atoms with van der Waals surface area (Å²) in [5, 5.41) is 12.5. The van der Waals surface area contributed by atoms with E-state index in [1.807, 2.05) is 35.0 Å². The maximum atomic E-state index is 11.8. The molecular weight excluding hydrogens is 296 g/mol. The molecule has 7 heteroatoms. The normalized spacial score (nSPS) is 10.8. The van der Waals surface area contributed by atoms with Crippen LogP contribution in [0.4, 0.5) is 5.13 Å². The number of carbonyl (C=O) groups is 1. The summed E-state index contributed by atoms with van der Waals surface area (Å²) in [6.45, 7) is 0.592. The van der Waals surface area contributed by atoms with Crippen molar-refractivity contribution in [2.24, 2.45) is 0 Å². The second-order valence-electron chi connectivity index (χ2n) is 4.25. The van der Waals surface area contributed by atoms with Crippen molar-refractivity contribution in [1.82, 2.24) is 14.8 Å². The molecule has 0 saturated carbocycles. The van der Waals surface area contributed by atoms with Gasteiger partial charge < -0.3 is 9.88 Å². The van der Waals surface area contributed by atoms with E-state index in [1.54, 1.807) is 5.51 Å². The monoisotopic (exact) mass is 306 g/mol. The zero-order valence-electron chi connectivity index (χ0n) is 10.4. The first-order valence-corrected chi connectivity index (χ1v) is 7.28. The molecule has 3 rings (SSSR count). The molecule has 5 nitrogen and oxygen atoms in total. The van der Waals surface area contributed by atoms with Crippen LogP contribution < -0.4 is 5.32 Å². The van der Waals surface area contributed by atoms with Gasteiger partial charge in [-0.25, -0.2) is 0 Å². The molecule has 102 valence electrons. The van der Waals surface area contributed by atoms with Crippen LogP contribution in [0.3, 0.4) is 0 Å². The molecule has 2 heterocycles. The number of benzene rings is 1. The number of amides is 1. The SMILES string of the molecule is O=C(CCn1ccc2ccc(Cl)cc21)Nc1nncs1. The fourth-order valence-electron chi connectivity index (χ4n) is 1.98. The number of nitrogens with one attached hydrogen (secondary N) is 1. The van der Waals surface area contributed by atoms with Crippen molar-refractivity contribution in [3.8, 4) is 0 Å². The van der Waals surface area contributed by atoms with E-state index in [-0.39, 0.29) is 5.91 Å². The molecule has 0 aliphatic rings. The standard InChI is InChI=1S/C13H11ClN4OS/c14-10-2-1-9-3-5-18(11(9)7-10)6-4-12(19)16-13-17-15-8-20-13/h1-3,5,7-8H,4,6H2,(H,16,17,19). The minimum absolute atomic E-state index is 0.0781. The second kappa shape index (κ2) is 5.60. The van der Waals surface area contributed by atoms with Gasteiger partial charge in [0, 0.05) is 29.7 Å². The van der Waals surface area contributed by atoms with Crippen molar-refractivity contribution in [2.75, 3.05) is 5.32 Å². The van der Waals surface area contributed by atoms with Crippen LogP contribution in [0.2, 0.25) is 5.02 Å². The van der Waals surface area contributed by atoms with Crippen LogP contribution in [0.15, 0.2) is 36.0 Å². The molecule has 0 atom stereocenters. The van der Waals surface area contributed by atoms with Crippen LogP contribution in [0, 0.1) is 0 Å². The zero-order chi connectivity index (χ0) is 13.9. The molecular formula is C13H11ClN4OS. The smallest absolute Gasteiger partial charge is 0.227 e. The van der Waals surface area contributed by atoms with Crippen LogP contribution in [0.25, 0.3) is 10.9 Å². The number of hydrogen-bond acceptors (Lipinski definition) is 4. The highest BCUT2D eigenvalue weighted by Crippen LogP contribution is 2.20. The third-order valence-corrected chi connectivity index (χ3v) is 3.76. The molecule has 2 aromatic heterocycles. The Balaban J connectivity index is 1.67. The summed E-state index contributed by atoms with van der Waals surface area (Å²) >= 11 is 7.30. The summed E-state index contributed by atoms with van der Waals surface area (Å²) in [5.41, 5.74) is 2.61. The Morgan fingerprint density at radius 3 is 3.10 bits per heavy atom. The number of aryl methyl sites for hydroxylation is 1. The van der Waals surface area contributed by atoms with E-state index < -0.39 is 0 Å². The summed E-state index contributed by atoms with van der Waals surface area (Å²) in [5.74, 6) is -0.0781. The van der Waals surface area contributed by atoms with Crippen molar-refractivity contribution in [3.05, 3.63) is 41.0 Å². The van der Waals surface area contributed by atoms with E-state index in [9.17, 15) is 4.79 Å². The molecule has 0 unspecified atom stereocenters. The van der Waals surface area contributed by atoms with Gasteiger partial charge in [0.25, 0.3) is 0 Å². The van der Waals surface area contributed by atoms with Gasteiger partial charge in [-0.05, 0) is 23.6 Å². The van der Waals surface area contributed by atoms with Crippen LogP contribution in [-0.2, 0) is 11.3 Å². The van der Waals surface area contributed by atoms with Crippen molar-refractivity contribution >= 4 is 44.9 Å². The number of halogens is 1. The number of nitrogens with zero attached hydrogens (tertiary/aromatic N) is 3. The summed E-state index contributed by atoms with van der Waals surface area (Å²) < 4.78 is 2.01. The molecule has 1 amide bonds. The van der Waals surface area contributed by atoms with Gasteiger partial charge in [0.2, 0.25) is 11.0 Å². The van der Waals surface area contributed by atoms with Gasteiger partial charge in [0.1, 0.15) is 5.51 Å². The highest BCUT2D eigenvalue weighted by atomic mass is 35.5. The zero-order valence-corrected chi connectivity index (χ0v) is 12.0. The lowest BCUT2D eigenvalue weighted by Crippen LogP contribution is -2.14. The van der Waals surface area contributed by atoms with Gasteiger partial charge in [-0.15, -0.1) is 10.2 Å². The lowest BCUT2D eigenvalue weighted by atomic mass is 10.2. The van der Waals surface area contributed by atoms with E-state index >= 15 is 0 Å². The van der Waals surface area contributed by atoms with Crippen LogP contribution in [0.1, 0.15) is 6.42 Å². The summed E-state index contributed by atoms with van der Waals surface area (Å²) in [7, 11) is 0. The van der Waals surface area contributed by atoms with Crippen LogP contribution in [-0.4, -0.2) is 20.7 Å². The van der Waals surface area contributed by atoms with Crippen molar-refractivity contribution < 1.29 is 4.79 Å². The highest BCUT2D eigenvalue weighted by molar-refractivity contribution is 7.13. The molecule has 0 saturated heterocycles. The average Bonchev–Trinajstić information content (AvgIpc) is 3.05. The first-order chi connectivity index (χ1) is 9.72. The van der Waals surface area contributed by atoms with Crippen LogP contribution >= 0.6 is 22.9 Å². The van der Waals surface area contributed by atoms with E-state index in [0.29, 0.717) is 23.1 Å². The van der Waals surface area contributed by atoms with E-state index in [2.05, 4.69) is 15.5 Å². The average molecular weight is 307 g/mol. The second-order valence-corrected chi connectivity index (χ2v) is 5.52. The Bertz CT molecular complexity index is 738. The molecule has 0 bridgehead atoms. The molecule has 0 radical (unpaired) electrons. The molecule has 0 spiro atoms. The summed E-state index contributed by atoms with van der Waals surface area (Å²) in [4.78, 5) is 11.8. The molecule has 1 aromatic carbocycles. The molecule has 3 aromatic rings. The molecule has 0 aliphatic heterocycles. The number of anilines is 1. The predicted molar refractivity (Wildman–Crippen MR) is 80.1 cm³/mol. The van der Waals surface area contributed by atoms with E-state index in [4.69, 9.17) is 11.6 Å². The summed E-state index contributed by atoms with van der Waals surface area (Å²) in [6, 6.07) is 7.74. The molecule has 20 heavy (non-hydrogen) atoms. The number of hydrogen-bond donors (Lipinski definition) is 1. The Kier molecular flexibility index (Phi) is 3.66. The van der Waals surface area contributed by atoms with Gasteiger partial charge in [-0.3, -0.25) is 4.79 Å². The van der Waals surface area contributed by atoms with Gasteiger partial charge in [-0.2, -0.15) is 0 Å². The minimum atomic E-state index is -0.0781. The lowest BCUT2D eigenvalue weighted by Gasteiger charge is -2.05. The Labute approximate surface area is 124 Å². The van der Waals surface area contributed by atoms with Gasteiger partial charge in [0.05, 0.1) is 0 Å². The third kappa shape index (κ3) is 2.81. The number of rotatable bonds is 4. The first kappa shape index (κ1) is 13.1. The fraction of sp³-hybridized carbons (Fsp3) is 0.154. The minimum Gasteiger partial charge on any atom is -0.347 e. The van der Waals surface area contributed by atoms with E-state index in [0.717, 1.165) is 10.9 Å². The Morgan fingerprint density at radius 2 is 2.30 bits per heavy atom. The van der Waals surface area contributed by atoms with Gasteiger partial charge >= 0.3 is 0 Å². The maximum Gasteiger partial charge on any atom is 0.227 e. The molecule has 1 N–H and O–H groups in total. The number of fused-ring (bicyclic) bond motifs is 1. The number of aromatic nitrogens is 3.